The molecule has 1 aromatic heterocycles. The van der Waals surface area contributed by atoms with Gasteiger partial charge in [-0.2, -0.15) is 0 Å². The van der Waals surface area contributed by atoms with E-state index in [1.807, 2.05) is 18.2 Å². The predicted molar refractivity (Wildman–Crippen MR) is 115 cm³/mol. The predicted octanol–water partition coefficient (Wildman–Crippen LogP) is 3.99. The second-order valence-electron chi connectivity index (χ2n) is 7.48. The highest BCUT2D eigenvalue weighted by Gasteiger charge is 2.19. The van der Waals surface area contributed by atoms with Crippen molar-refractivity contribution < 1.29 is 4.79 Å². The van der Waals surface area contributed by atoms with Crippen LogP contribution >= 0.6 is 11.3 Å². The number of carbonyl (C=O) groups excluding carboxylic acids is 1. The molecule has 6 heteroatoms. The second-order valence-corrected chi connectivity index (χ2v) is 8.49. The molecule has 1 N–H and O–H groups in total. The van der Waals surface area contributed by atoms with Gasteiger partial charge in [-0.05, 0) is 63.0 Å². The van der Waals surface area contributed by atoms with Gasteiger partial charge in [0.15, 0.2) is 5.13 Å². The van der Waals surface area contributed by atoms with E-state index in [1.54, 1.807) is 11.3 Å². The second kappa shape index (κ2) is 9.51. The molecule has 0 spiro atoms. The molecule has 27 heavy (non-hydrogen) atoms. The third kappa shape index (κ3) is 5.20. The van der Waals surface area contributed by atoms with E-state index in [2.05, 4.69) is 35.9 Å². The summed E-state index contributed by atoms with van der Waals surface area (Å²) in [6.07, 6.45) is 3.45. The minimum atomic E-state index is 0.0122. The smallest absolute Gasteiger partial charge is 0.251 e. The van der Waals surface area contributed by atoms with E-state index in [9.17, 15) is 4.79 Å². The van der Waals surface area contributed by atoms with Gasteiger partial charge in [-0.25, -0.2) is 4.98 Å². The number of piperidine rings is 1. The molecule has 1 saturated heterocycles. The first-order valence-corrected chi connectivity index (χ1v) is 11.1. The maximum Gasteiger partial charge on any atom is 0.251 e. The first-order valence-electron chi connectivity index (χ1n) is 10.3. The minimum Gasteiger partial charge on any atom is -0.352 e. The van der Waals surface area contributed by atoms with Crippen molar-refractivity contribution in [2.45, 2.75) is 40.0 Å². The van der Waals surface area contributed by atoms with Gasteiger partial charge >= 0.3 is 0 Å². The first-order chi connectivity index (χ1) is 13.1. The third-order valence-electron chi connectivity index (χ3n) is 5.52. The van der Waals surface area contributed by atoms with Crippen molar-refractivity contribution in [1.82, 2.24) is 15.2 Å². The summed E-state index contributed by atoms with van der Waals surface area (Å²) < 4.78 is 1.10. The molecule has 148 valence electrons. The molecule has 1 amide bonds. The molecule has 2 aromatic rings. The van der Waals surface area contributed by atoms with Crippen LogP contribution in [0.4, 0.5) is 5.13 Å². The molecule has 1 fully saturated rings. The molecule has 1 aliphatic rings. The molecule has 0 aliphatic carbocycles. The summed E-state index contributed by atoms with van der Waals surface area (Å²) >= 11 is 1.70. The molecular formula is C21H32N4OS. The van der Waals surface area contributed by atoms with Gasteiger partial charge in [-0.1, -0.05) is 32.1 Å². The van der Waals surface area contributed by atoms with Gasteiger partial charge in [0.05, 0.1) is 10.2 Å². The van der Waals surface area contributed by atoms with E-state index in [-0.39, 0.29) is 5.91 Å². The van der Waals surface area contributed by atoms with Crippen molar-refractivity contribution in [3.8, 4) is 0 Å². The monoisotopic (exact) mass is 388 g/mol. The van der Waals surface area contributed by atoms with Gasteiger partial charge < -0.3 is 15.1 Å². The van der Waals surface area contributed by atoms with E-state index >= 15 is 0 Å². The molecule has 5 nitrogen and oxygen atoms in total. The van der Waals surface area contributed by atoms with Crippen LogP contribution in [0, 0.1) is 5.92 Å². The number of hydrogen-bond donors (Lipinski definition) is 1. The topological polar surface area (TPSA) is 48.5 Å². The lowest BCUT2D eigenvalue weighted by Crippen LogP contribution is -2.32. The highest BCUT2D eigenvalue weighted by molar-refractivity contribution is 7.22. The quantitative estimate of drug-likeness (QED) is 0.695. The number of thiazole rings is 1. The SMILES string of the molecule is CCN(CC)CCCNC(=O)c1ccc2nc(N3CCC(C)CC3)sc2c1. The van der Waals surface area contributed by atoms with Crippen LogP contribution in [0.5, 0.6) is 0 Å². The van der Waals surface area contributed by atoms with Crippen LogP contribution in [0.25, 0.3) is 10.2 Å². The number of aromatic nitrogens is 1. The van der Waals surface area contributed by atoms with Crippen molar-refractivity contribution in [2.24, 2.45) is 5.92 Å². The normalized spacial score (nSPS) is 15.6. The Morgan fingerprint density at radius 1 is 1.30 bits per heavy atom. The fourth-order valence-electron chi connectivity index (χ4n) is 3.54. The Bertz CT molecular complexity index is 748. The Morgan fingerprint density at radius 3 is 2.74 bits per heavy atom. The first kappa shape index (κ1) is 20.1. The fourth-order valence-corrected chi connectivity index (χ4v) is 4.59. The van der Waals surface area contributed by atoms with E-state index in [1.165, 1.54) is 12.8 Å². The zero-order chi connectivity index (χ0) is 19.2. The number of benzene rings is 1. The maximum atomic E-state index is 12.5. The van der Waals surface area contributed by atoms with Crippen LogP contribution in [-0.4, -0.2) is 55.1 Å². The van der Waals surface area contributed by atoms with Crippen molar-refractivity contribution >= 4 is 32.6 Å². The van der Waals surface area contributed by atoms with Crippen LogP contribution in [0.15, 0.2) is 18.2 Å². The van der Waals surface area contributed by atoms with Crippen molar-refractivity contribution in [1.29, 1.82) is 0 Å². The molecule has 0 saturated carbocycles. The lowest BCUT2D eigenvalue weighted by Gasteiger charge is -2.29. The van der Waals surface area contributed by atoms with Gasteiger partial charge in [0.2, 0.25) is 0 Å². The molecule has 2 heterocycles. The molecule has 0 bridgehead atoms. The number of amides is 1. The zero-order valence-corrected chi connectivity index (χ0v) is 17.6. The molecule has 0 radical (unpaired) electrons. The number of hydrogen-bond acceptors (Lipinski definition) is 5. The zero-order valence-electron chi connectivity index (χ0n) is 16.8. The maximum absolute atomic E-state index is 12.5. The highest BCUT2D eigenvalue weighted by Crippen LogP contribution is 2.32. The number of fused-ring (bicyclic) bond motifs is 1. The van der Waals surface area contributed by atoms with Crippen molar-refractivity contribution in [3.05, 3.63) is 23.8 Å². The van der Waals surface area contributed by atoms with Crippen LogP contribution in [-0.2, 0) is 0 Å². The van der Waals surface area contributed by atoms with Crippen LogP contribution in [0.2, 0.25) is 0 Å². The number of carbonyl (C=O) groups is 1. The molecule has 1 aromatic carbocycles. The summed E-state index contributed by atoms with van der Waals surface area (Å²) in [5.41, 5.74) is 1.72. The van der Waals surface area contributed by atoms with Crippen molar-refractivity contribution in [3.63, 3.8) is 0 Å². The number of rotatable bonds is 8. The lowest BCUT2D eigenvalue weighted by atomic mass is 10.00. The average Bonchev–Trinajstić information content (AvgIpc) is 3.11. The Morgan fingerprint density at radius 2 is 2.04 bits per heavy atom. The molecule has 0 unspecified atom stereocenters. The van der Waals surface area contributed by atoms with Crippen molar-refractivity contribution in [2.75, 3.05) is 44.2 Å². The van der Waals surface area contributed by atoms with E-state index in [4.69, 9.17) is 4.98 Å². The number of anilines is 1. The Hall–Kier alpha value is -1.66. The molecule has 0 atom stereocenters. The van der Waals surface area contributed by atoms with E-state index < -0.39 is 0 Å². The molecular weight excluding hydrogens is 356 g/mol. The van der Waals surface area contributed by atoms with E-state index in [0.717, 1.165) is 66.0 Å². The Balaban J connectivity index is 1.58. The van der Waals surface area contributed by atoms with Gasteiger partial charge in [-0.15, -0.1) is 0 Å². The summed E-state index contributed by atoms with van der Waals surface area (Å²) in [7, 11) is 0. The van der Waals surface area contributed by atoms with Gasteiger partial charge in [0.1, 0.15) is 0 Å². The summed E-state index contributed by atoms with van der Waals surface area (Å²) in [5.74, 6) is 0.825. The lowest BCUT2D eigenvalue weighted by molar-refractivity contribution is 0.0952. The van der Waals surface area contributed by atoms with Crippen LogP contribution < -0.4 is 10.2 Å². The minimum absolute atomic E-state index is 0.0122. The molecule has 3 rings (SSSR count). The Labute approximate surface area is 166 Å². The van der Waals surface area contributed by atoms with Gasteiger partial charge in [0, 0.05) is 25.2 Å². The van der Waals surface area contributed by atoms with Gasteiger partial charge in [0.25, 0.3) is 5.91 Å². The fraction of sp³-hybridized carbons (Fsp3) is 0.619. The summed E-state index contributed by atoms with van der Waals surface area (Å²) in [5, 5.41) is 4.14. The average molecular weight is 389 g/mol. The summed E-state index contributed by atoms with van der Waals surface area (Å²) in [6, 6.07) is 5.86. The third-order valence-corrected chi connectivity index (χ3v) is 6.60. The van der Waals surface area contributed by atoms with Crippen LogP contribution in [0.3, 0.4) is 0 Å². The largest absolute Gasteiger partial charge is 0.352 e. The highest BCUT2D eigenvalue weighted by atomic mass is 32.1. The number of nitrogens with zero attached hydrogens (tertiary/aromatic N) is 3. The summed E-state index contributed by atoms with van der Waals surface area (Å²) in [6.45, 7) is 12.7. The molecule has 1 aliphatic heterocycles. The standard InChI is InChI=1S/C21H32N4OS/c1-4-24(5-2)12-6-11-22-20(26)17-7-8-18-19(15-17)27-21(23-18)25-13-9-16(3)10-14-25/h7-8,15-16H,4-6,9-14H2,1-3H3,(H,22,26). The van der Waals surface area contributed by atoms with E-state index in [0.29, 0.717) is 6.54 Å². The number of nitrogens with one attached hydrogen (secondary N) is 1. The Kier molecular flexibility index (Phi) is 7.07. The van der Waals surface area contributed by atoms with Crippen LogP contribution in [0.1, 0.15) is 50.4 Å². The summed E-state index contributed by atoms with van der Waals surface area (Å²) in [4.78, 5) is 22.0. The van der Waals surface area contributed by atoms with Gasteiger partial charge in [-0.3, -0.25) is 4.79 Å².